The number of hydrogen-bond acceptors (Lipinski definition) is 0. The highest BCUT2D eigenvalue weighted by Crippen LogP contribution is 2.91. The largest absolute Gasteiger partial charge is 0.0588 e. The van der Waals surface area contributed by atoms with Crippen LogP contribution in [0.3, 0.4) is 0 Å². The van der Waals surface area contributed by atoms with Crippen molar-refractivity contribution < 1.29 is 0 Å². The lowest BCUT2D eigenvalue weighted by Crippen LogP contribution is -2.84. The second-order valence-corrected chi connectivity index (χ2v) is 13.6. The molecule has 2 bridgehead atoms. The molecule has 0 heterocycles. The number of hydrogen-bond donors (Lipinski definition) is 0. The Hall–Kier alpha value is 0. The van der Waals surface area contributed by atoms with Crippen molar-refractivity contribution in [2.24, 2.45) is 48.7 Å². The van der Waals surface area contributed by atoms with Crippen LogP contribution in [0.4, 0.5) is 0 Å². The summed E-state index contributed by atoms with van der Waals surface area (Å²) in [6.07, 6.45) is 0. The van der Waals surface area contributed by atoms with E-state index in [1.54, 1.807) is 0 Å². The fraction of sp³-hybridized carbons (Fsp3) is 1.00. The SMILES string of the molecule is CC1(C)C(C)(C)C2(C)C(C)(C)C(C)(C)C(C)(C)C(C)(C1(C)C)C2(C)C. The Balaban J connectivity index is 3.18. The lowest BCUT2D eigenvalue weighted by molar-refractivity contribution is -0.422. The summed E-state index contributed by atoms with van der Waals surface area (Å²) in [7, 11) is 0. The lowest BCUT2D eigenvalue weighted by Gasteiger charge is -2.89. The molecule has 2 fully saturated rings. The number of fused-ring (bicyclic) bond motifs is 2. The van der Waals surface area contributed by atoms with Gasteiger partial charge in [-0.3, -0.25) is 0 Å². The lowest BCUT2D eigenvalue weighted by atomic mass is 9.14. The zero-order valence-corrected chi connectivity index (χ0v) is 20.5. The molecule has 2 saturated carbocycles. The minimum atomic E-state index is 0.208. The zero-order chi connectivity index (χ0) is 20.5. The van der Waals surface area contributed by atoms with Gasteiger partial charge in [-0.25, -0.2) is 0 Å². The minimum Gasteiger partial charge on any atom is -0.0588 e. The van der Waals surface area contributed by atoms with Crippen molar-refractivity contribution in [3.05, 3.63) is 0 Å². The predicted molar refractivity (Wildman–Crippen MR) is 113 cm³/mol. The highest BCUT2D eigenvalue weighted by atomic mass is 14.9. The van der Waals surface area contributed by atoms with Gasteiger partial charge in [0.25, 0.3) is 0 Å². The third-order valence-corrected chi connectivity index (χ3v) is 13.8. The maximum absolute atomic E-state index is 2.64. The second kappa shape index (κ2) is 4.35. The third kappa shape index (κ3) is 1.43. The molecule has 0 aromatic rings. The molecule has 0 aromatic carbocycles. The van der Waals surface area contributed by atoms with Crippen molar-refractivity contribution in [2.75, 3.05) is 0 Å². The molecular formula is C25H48. The van der Waals surface area contributed by atoms with Gasteiger partial charge in [-0.1, -0.05) is 111 Å². The van der Waals surface area contributed by atoms with Crippen molar-refractivity contribution in [3.63, 3.8) is 0 Å². The van der Waals surface area contributed by atoms with E-state index in [0.29, 0.717) is 0 Å². The van der Waals surface area contributed by atoms with Gasteiger partial charge in [-0.2, -0.15) is 0 Å². The van der Waals surface area contributed by atoms with Crippen LogP contribution in [0, 0.1) is 48.7 Å². The molecule has 0 atom stereocenters. The summed E-state index contributed by atoms with van der Waals surface area (Å²) in [5.74, 6) is 0. The summed E-state index contributed by atoms with van der Waals surface area (Å²) in [5, 5.41) is 0. The predicted octanol–water partition coefficient (Wildman–Crippen LogP) is 8.21. The first-order chi connectivity index (χ1) is 10.5. The van der Waals surface area contributed by atoms with E-state index >= 15 is 0 Å². The topological polar surface area (TPSA) is 0 Å². The molecule has 0 aliphatic heterocycles. The Kier molecular flexibility index (Phi) is 3.71. The van der Waals surface area contributed by atoms with Crippen LogP contribution in [0.25, 0.3) is 0 Å². The number of rotatable bonds is 0. The zero-order valence-electron chi connectivity index (χ0n) is 20.5. The highest BCUT2D eigenvalue weighted by Gasteiger charge is 2.86. The Bertz CT molecular complexity index is 502. The highest BCUT2D eigenvalue weighted by molar-refractivity contribution is 5.33. The Morgan fingerprint density at radius 2 is 0.360 bits per heavy atom. The van der Waals surface area contributed by atoms with Gasteiger partial charge in [0.05, 0.1) is 0 Å². The first-order valence-corrected chi connectivity index (χ1v) is 10.5. The van der Waals surface area contributed by atoms with E-state index in [0.717, 1.165) is 0 Å². The van der Waals surface area contributed by atoms with Crippen molar-refractivity contribution in [1.29, 1.82) is 0 Å². The van der Waals surface area contributed by atoms with Crippen LogP contribution in [0.2, 0.25) is 0 Å². The monoisotopic (exact) mass is 348 g/mol. The second-order valence-electron chi connectivity index (χ2n) is 13.6. The average molecular weight is 349 g/mol. The van der Waals surface area contributed by atoms with Crippen LogP contribution in [0.15, 0.2) is 0 Å². The molecule has 0 nitrogen and oxygen atoms in total. The van der Waals surface area contributed by atoms with E-state index in [1.807, 2.05) is 0 Å². The molecule has 2 aliphatic rings. The van der Waals surface area contributed by atoms with Crippen molar-refractivity contribution >= 4 is 0 Å². The van der Waals surface area contributed by atoms with E-state index in [9.17, 15) is 0 Å². The molecule has 0 saturated heterocycles. The van der Waals surface area contributed by atoms with Gasteiger partial charge in [0.2, 0.25) is 0 Å². The van der Waals surface area contributed by atoms with Crippen LogP contribution >= 0.6 is 0 Å². The molecule has 0 spiro atoms. The normalized spacial score (nSPS) is 44.2. The first kappa shape index (κ1) is 21.3. The molecule has 0 aromatic heterocycles. The van der Waals surface area contributed by atoms with Crippen molar-refractivity contribution in [1.82, 2.24) is 0 Å². The van der Waals surface area contributed by atoms with Crippen LogP contribution in [-0.2, 0) is 0 Å². The van der Waals surface area contributed by atoms with Gasteiger partial charge in [-0.05, 0) is 48.7 Å². The maximum atomic E-state index is 2.64. The minimum absolute atomic E-state index is 0.208. The first-order valence-electron chi connectivity index (χ1n) is 10.5. The molecule has 0 N–H and O–H groups in total. The van der Waals surface area contributed by atoms with E-state index < -0.39 is 0 Å². The van der Waals surface area contributed by atoms with Crippen LogP contribution in [0.5, 0.6) is 0 Å². The van der Waals surface area contributed by atoms with E-state index in [4.69, 9.17) is 0 Å². The summed E-state index contributed by atoms with van der Waals surface area (Å²) in [5.41, 5.74) is 1.93. The van der Waals surface area contributed by atoms with E-state index in [-0.39, 0.29) is 48.7 Å². The van der Waals surface area contributed by atoms with E-state index in [1.165, 1.54) is 0 Å². The van der Waals surface area contributed by atoms with Crippen LogP contribution in [0.1, 0.15) is 111 Å². The molecule has 2 aliphatic carbocycles. The average Bonchev–Trinajstić information content (AvgIpc) is 2.41. The molecule has 148 valence electrons. The van der Waals surface area contributed by atoms with Gasteiger partial charge in [0.1, 0.15) is 0 Å². The van der Waals surface area contributed by atoms with Crippen molar-refractivity contribution in [3.8, 4) is 0 Å². The summed E-state index contributed by atoms with van der Waals surface area (Å²) in [6, 6.07) is 0. The summed E-state index contributed by atoms with van der Waals surface area (Å²) in [6.45, 7) is 41.3. The third-order valence-electron chi connectivity index (χ3n) is 13.8. The smallest absolute Gasteiger partial charge is 0.0156 e. The summed E-state index contributed by atoms with van der Waals surface area (Å²) >= 11 is 0. The maximum Gasteiger partial charge on any atom is -0.0156 e. The van der Waals surface area contributed by atoms with Gasteiger partial charge in [0, 0.05) is 0 Å². The fourth-order valence-electron chi connectivity index (χ4n) is 9.25. The molecule has 0 amide bonds. The van der Waals surface area contributed by atoms with Gasteiger partial charge >= 0.3 is 0 Å². The van der Waals surface area contributed by atoms with Crippen LogP contribution < -0.4 is 0 Å². The molecule has 0 radical (unpaired) electrons. The molecule has 2 rings (SSSR count). The molecule has 0 unspecified atom stereocenters. The quantitative estimate of drug-likeness (QED) is 0.413. The molecule has 0 heteroatoms. The van der Waals surface area contributed by atoms with Gasteiger partial charge in [-0.15, -0.1) is 0 Å². The van der Waals surface area contributed by atoms with Crippen LogP contribution in [-0.4, -0.2) is 0 Å². The Labute approximate surface area is 159 Å². The van der Waals surface area contributed by atoms with Gasteiger partial charge in [0.15, 0.2) is 0 Å². The van der Waals surface area contributed by atoms with Gasteiger partial charge < -0.3 is 0 Å². The summed E-state index contributed by atoms with van der Waals surface area (Å²) < 4.78 is 0. The Morgan fingerprint density at radius 1 is 0.200 bits per heavy atom. The van der Waals surface area contributed by atoms with Crippen molar-refractivity contribution in [2.45, 2.75) is 111 Å². The fourth-order valence-corrected chi connectivity index (χ4v) is 9.25. The Morgan fingerprint density at radius 3 is 0.520 bits per heavy atom. The van der Waals surface area contributed by atoms with E-state index in [2.05, 4.69) is 111 Å². The summed E-state index contributed by atoms with van der Waals surface area (Å²) in [4.78, 5) is 0. The standard InChI is InChI=1S/C25H48/c1-17(2)19(5,6)24(15)21(9,10)18(3,4)22(11,12)25(16,20(17,7)8)23(24,13)14/h1-16H3. The molecule has 25 heavy (non-hydrogen) atoms. The molecular weight excluding hydrogens is 300 g/mol.